The molecule has 0 fully saturated rings. The summed E-state index contributed by atoms with van der Waals surface area (Å²) in [7, 11) is 2.60. The predicted octanol–water partition coefficient (Wildman–Crippen LogP) is -1.70. The average molecular weight is 89.3 g/mol. The van der Waals surface area contributed by atoms with Gasteiger partial charge in [0.25, 0.3) is 0 Å². The number of hydrogen-bond donors (Lipinski definition) is 0. The third-order valence-corrected chi connectivity index (χ3v) is 0. The molecule has 0 atom stereocenters. The second-order valence-electron chi connectivity index (χ2n) is 1.39. The number of hydrogen-bond acceptors (Lipinski definition) is 0. The molecule has 0 aromatic carbocycles. The van der Waals surface area contributed by atoms with E-state index in [9.17, 15) is 0 Å². The zero-order chi connectivity index (χ0) is 3.58. The van der Waals surface area contributed by atoms with E-state index in [1.54, 1.807) is 0 Å². The Bertz CT molecular complexity index is 8.75. The number of rotatable bonds is 0. The van der Waals surface area contributed by atoms with Crippen LogP contribution >= 0.6 is 0 Å². The maximum atomic E-state index is 3.76. The van der Waals surface area contributed by atoms with Gasteiger partial charge in [-0.1, -0.05) is 12.1 Å². The molecule has 0 saturated carbocycles. The molecule has 0 aliphatic heterocycles. The van der Waals surface area contributed by atoms with E-state index in [1.165, 1.54) is 20.5 Å². The Morgan fingerprint density at radius 1 is 1.50 bits per heavy atom. The third-order valence-electron chi connectivity index (χ3n) is 0. The Morgan fingerprint density at radius 2 is 1.50 bits per heavy atom. The summed E-state index contributed by atoms with van der Waals surface area (Å²) in [6, 6.07) is 0. The van der Waals surface area contributed by atoms with E-state index in [1.807, 2.05) is 0 Å². The monoisotopic (exact) mass is 89.0 g/mol. The summed E-state index contributed by atoms with van der Waals surface area (Å²) in [5, 5.41) is 0.861. The summed E-state index contributed by atoms with van der Waals surface area (Å²) in [6.07, 6.45) is 0. The molecule has 0 saturated heterocycles. The topological polar surface area (TPSA) is 0 Å². The molecular weight excluding hydrogens is 80.2 g/mol. The Hall–Kier alpha value is 0.434. The second kappa shape index (κ2) is 1.72. The quantitative estimate of drug-likeness (QED) is 0.310. The average Bonchev–Trinajstić information content (AvgIpc) is 0.811. The van der Waals surface area contributed by atoms with Crippen LogP contribution in [0.1, 0.15) is 0 Å². The summed E-state index contributed by atoms with van der Waals surface area (Å²) < 4.78 is 0. The van der Waals surface area contributed by atoms with E-state index >= 15 is 0 Å². The largest absolute Gasteiger partial charge is 0.0662 e. The minimum atomic E-state index is 0.861. The molecule has 0 heterocycles. The molecule has 2 heteroatoms. The third kappa shape index (κ3) is 26.6. The lowest BCUT2D eigenvalue weighted by atomic mass is 11.0. The zero-order valence-electron chi connectivity index (χ0n) is 3.28. The standard InChI is InChI=1S/C2H9Si2/c1-2(3)4/h2H,1H2,3-4H3. The molecule has 0 aliphatic rings. The van der Waals surface area contributed by atoms with Gasteiger partial charge in [0, 0.05) is 20.5 Å². The minimum absolute atomic E-state index is 0.861. The van der Waals surface area contributed by atoms with Crippen molar-refractivity contribution < 1.29 is 0 Å². The van der Waals surface area contributed by atoms with Crippen molar-refractivity contribution in [2.45, 2.75) is 5.16 Å². The van der Waals surface area contributed by atoms with Gasteiger partial charge in [0.05, 0.1) is 0 Å². The van der Waals surface area contributed by atoms with Crippen LogP contribution in [0.15, 0.2) is 0 Å². The second-order valence-corrected chi connectivity index (χ2v) is 7.65. The van der Waals surface area contributed by atoms with Gasteiger partial charge in [-0.3, -0.25) is 0 Å². The smallest absolute Gasteiger partial charge is 0.00245 e. The fraction of sp³-hybridized carbons (Fsp3) is 0.500. The Balaban J connectivity index is 2.32. The molecule has 4 heavy (non-hydrogen) atoms. The normalized spacial score (nSPS) is 17.2. The molecule has 0 aromatic rings. The molecule has 0 rings (SSSR count). The molecular formula is C2H9Si2. The fourth-order valence-corrected chi connectivity index (χ4v) is 0. The van der Waals surface area contributed by atoms with Crippen molar-refractivity contribution in [1.29, 1.82) is 0 Å². The van der Waals surface area contributed by atoms with Crippen LogP contribution in [0.5, 0.6) is 0 Å². The van der Waals surface area contributed by atoms with Crippen molar-refractivity contribution in [3.63, 3.8) is 0 Å². The van der Waals surface area contributed by atoms with E-state index in [4.69, 9.17) is 0 Å². The maximum Gasteiger partial charge on any atom is 0.00245 e. The van der Waals surface area contributed by atoms with Crippen molar-refractivity contribution in [2.75, 3.05) is 0 Å². The van der Waals surface area contributed by atoms with Crippen LogP contribution in [0.25, 0.3) is 0 Å². The highest BCUT2D eigenvalue weighted by Crippen LogP contribution is 1.75. The van der Waals surface area contributed by atoms with Crippen LogP contribution < -0.4 is 0 Å². The van der Waals surface area contributed by atoms with Gasteiger partial charge in [0.2, 0.25) is 0 Å². The van der Waals surface area contributed by atoms with Gasteiger partial charge >= 0.3 is 0 Å². The molecule has 0 nitrogen and oxygen atoms in total. The van der Waals surface area contributed by atoms with Gasteiger partial charge in [-0.05, 0) is 0 Å². The molecule has 0 N–H and O–H groups in total. The first-order valence-electron chi connectivity index (χ1n) is 1.56. The highest BCUT2D eigenvalue weighted by molar-refractivity contribution is 6.35. The van der Waals surface area contributed by atoms with Gasteiger partial charge < -0.3 is 0 Å². The molecule has 0 spiro atoms. The summed E-state index contributed by atoms with van der Waals surface area (Å²) >= 11 is 0. The van der Waals surface area contributed by atoms with E-state index in [0.717, 1.165) is 5.16 Å². The SMILES string of the molecule is [CH2]C([SiH3])[SiH3]. The lowest BCUT2D eigenvalue weighted by Crippen LogP contribution is -1.77. The van der Waals surface area contributed by atoms with Gasteiger partial charge in [-0.2, -0.15) is 0 Å². The lowest BCUT2D eigenvalue weighted by molar-refractivity contribution is 1.60. The highest BCUT2D eigenvalue weighted by atomic mass is 28.2. The first kappa shape index (κ1) is 4.43. The summed E-state index contributed by atoms with van der Waals surface area (Å²) in [5.41, 5.74) is 0. The molecule has 0 bridgehead atoms. The van der Waals surface area contributed by atoms with Crippen LogP contribution in [0.2, 0.25) is 5.16 Å². The molecule has 0 aliphatic carbocycles. The lowest BCUT2D eigenvalue weighted by Gasteiger charge is -1.77. The zero-order valence-corrected chi connectivity index (χ0v) is 7.28. The minimum Gasteiger partial charge on any atom is -0.0662 e. The van der Waals surface area contributed by atoms with Crippen molar-refractivity contribution in [1.82, 2.24) is 0 Å². The molecule has 0 amide bonds. The van der Waals surface area contributed by atoms with Crippen LogP contribution in [0.4, 0.5) is 0 Å². The van der Waals surface area contributed by atoms with E-state index < -0.39 is 0 Å². The maximum absolute atomic E-state index is 3.76. The van der Waals surface area contributed by atoms with Gasteiger partial charge in [0.15, 0.2) is 0 Å². The van der Waals surface area contributed by atoms with Gasteiger partial charge in [0.1, 0.15) is 0 Å². The Morgan fingerprint density at radius 3 is 1.50 bits per heavy atom. The predicted molar refractivity (Wildman–Crippen MR) is 29.0 cm³/mol. The van der Waals surface area contributed by atoms with Crippen LogP contribution in [0, 0.1) is 6.92 Å². The van der Waals surface area contributed by atoms with Crippen molar-refractivity contribution in [2.24, 2.45) is 0 Å². The summed E-state index contributed by atoms with van der Waals surface area (Å²) in [6.45, 7) is 3.76. The van der Waals surface area contributed by atoms with E-state index in [0.29, 0.717) is 0 Å². The van der Waals surface area contributed by atoms with E-state index in [2.05, 4.69) is 6.92 Å². The molecule has 0 unspecified atom stereocenters. The Kier molecular flexibility index (Phi) is 1.91. The molecule has 25 valence electrons. The van der Waals surface area contributed by atoms with Crippen molar-refractivity contribution >= 4 is 20.5 Å². The van der Waals surface area contributed by atoms with E-state index in [-0.39, 0.29) is 0 Å². The fourth-order valence-electron chi connectivity index (χ4n) is 0. The van der Waals surface area contributed by atoms with Crippen LogP contribution in [0.3, 0.4) is 0 Å². The molecule has 0 aromatic heterocycles. The van der Waals surface area contributed by atoms with Gasteiger partial charge in [-0.15, -0.1) is 0 Å². The Labute approximate surface area is 33.4 Å². The molecule has 1 radical (unpaired) electrons. The van der Waals surface area contributed by atoms with Gasteiger partial charge in [-0.25, -0.2) is 0 Å². The van der Waals surface area contributed by atoms with Crippen LogP contribution in [-0.4, -0.2) is 20.5 Å². The van der Waals surface area contributed by atoms with Crippen molar-refractivity contribution in [3.8, 4) is 0 Å². The summed E-state index contributed by atoms with van der Waals surface area (Å²) in [4.78, 5) is 0. The highest BCUT2D eigenvalue weighted by Gasteiger charge is 1.69. The first-order valence-corrected chi connectivity index (χ1v) is 3.87. The van der Waals surface area contributed by atoms with Crippen molar-refractivity contribution in [3.05, 3.63) is 6.92 Å². The summed E-state index contributed by atoms with van der Waals surface area (Å²) in [5.74, 6) is 0. The van der Waals surface area contributed by atoms with Crippen LogP contribution in [-0.2, 0) is 0 Å². The first-order chi connectivity index (χ1) is 1.73.